The zero-order valence-electron chi connectivity index (χ0n) is 7.79. The van der Waals surface area contributed by atoms with Gasteiger partial charge in [-0.2, -0.15) is 5.26 Å². The molecule has 0 saturated carbocycles. The second-order valence-electron chi connectivity index (χ2n) is 3.08. The van der Waals surface area contributed by atoms with E-state index in [1.54, 1.807) is 18.2 Å². The Morgan fingerprint density at radius 3 is 2.67 bits per heavy atom. The van der Waals surface area contributed by atoms with Crippen molar-refractivity contribution < 1.29 is 4.39 Å². The molecule has 15 heavy (non-hydrogen) atoms. The molecule has 1 aromatic carbocycles. The first kappa shape index (κ1) is 9.28. The quantitative estimate of drug-likeness (QED) is 0.743. The van der Waals surface area contributed by atoms with E-state index in [1.807, 2.05) is 6.07 Å². The zero-order chi connectivity index (χ0) is 10.8. The Morgan fingerprint density at radius 1 is 1.27 bits per heavy atom. The first-order chi connectivity index (χ1) is 7.24. The van der Waals surface area contributed by atoms with Gasteiger partial charge in [-0.1, -0.05) is 18.2 Å². The minimum Gasteiger partial charge on any atom is -0.384 e. The molecule has 1 aromatic heterocycles. The molecule has 0 fully saturated rings. The lowest BCUT2D eigenvalue weighted by Crippen LogP contribution is -1.89. The van der Waals surface area contributed by atoms with E-state index < -0.39 is 0 Å². The van der Waals surface area contributed by atoms with Crippen LogP contribution in [0.4, 0.5) is 10.2 Å². The highest BCUT2D eigenvalue weighted by atomic mass is 19.1. The number of H-pyrrole nitrogens is 1. The Labute approximate surface area is 86.0 Å². The summed E-state index contributed by atoms with van der Waals surface area (Å²) in [7, 11) is 0. The molecule has 0 aliphatic carbocycles. The number of anilines is 1. The summed E-state index contributed by atoms with van der Waals surface area (Å²) in [5.74, 6) is -0.108. The van der Waals surface area contributed by atoms with Crippen molar-refractivity contribution >= 4 is 5.82 Å². The number of halogens is 1. The van der Waals surface area contributed by atoms with E-state index in [2.05, 4.69) is 4.98 Å². The van der Waals surface area contributed by atoms with Crippen LogP contribution < -0.4 is 5.73 Å². The van der Waals surface area contributed by atoms with E-state index in [4.69, 9.17) is 11.0 Å². The number of nitriles is 1. The molecule has 0 amide bonds. The summed E-state index contributed by atoms with van der Waals surface area (Å²) in [6.45, 7) is 0. The van der Waals surface area contributed by atoms with Crippen molar-refractivity contribution in [3.05, 3.63) is 41.8 Å². The van der Waals surface area contributed by atoms with Gasteiger partial charge in [0.15, 0.2) is 0 Å². The van der Waals surface area contributed by atoms with Crippen LogP contribution in [0.3, 0.4) is 0 Å². The molecule has 3 N–H and O–H groups in total. The van der Waals surface area contributed by atoms with E-state index >= 15 is 0 Å². The Hall–Kier alpha value is -2.28. The molecule has 3 nitrogen and oxygen atoms in total. The molecule has 1 heterocycles. The lowest BCUT2D eigenvalue weighted by molar-refractivity contribution is 0.631. The third-order valence-corrected chi connectivity index (χ3v) is 2.19. The highest BCUT2D eigenvalue weighted by molar-refractivity contribution is 5.76. The van der Waals surface area contributed by atoms with E-state index in [0.717, 1.165) is 0 Å². The van der Waals surface area contributed by atoms with Crippen LogP contribution in [0.25, 0.3) is 11.1 Å². The maximum Gasteiger partial charge on any atom is 0.131 e. The molecule has 0 aliphatic rings. The van der Waals surface area contributed by atoms with Gasteiger partial charge in [-0.15, -0.1) is 0 Å². The van der Waals surface area contributed by atoms with Gasteiger partial charge in [0.2, 0.25) is 0 Å². The molecule has 4 heteroatoms. The van der Waals surface area contributed by atoms with Crippen LogP contribution in [0.1, 0.15) is 5.56 Å². The number of nitrogen functional groups attached to an aromatic ring is 1. The van der Waals surface area contributed by atoms with Crippen molar-refractivity contribution in [2.45, 2.75) is 0 Å². The predicted molar refractivity (Wildman–Crippen MR) is 55.3 cm³/mol. The number of nitrogens with two attached hydrogens (primary N) is 1. The smallest absolute Gasteiger partial charge is 0.131 e. The Bertz CT molecular complexity index is 537. The van der Waals surface area contributed by atoms with Crippen LogP contribution in [0.2, 0.25) is 0 Å². The van der Waals surface area contributed by atoms with E-state index in [9.17, 15) is 4.39 Å². The minimum absolute atomic E-state index is 0.260. The predicted octanol–water partition coefficient (Wildman–Crippen LogP) is 2.27. The van der Waals surface area contributed by atoms with E-state index in [-0.39, 0.29) is 17.2 Å². The van der Waals surface area contributed by atoms with Crippen molar-refractivity contribution in [2.75, 3.05) is 5.73 Å². The van der Waals surface area contributed by atoms with Gasteiger partial charge in [0.05, 0.1) is 0 Å². The number of aromatic amines is 1. The maximum atomic E-state index is 13.4. The zero-order valence-corrected chi connectivity index (χ0v) is 7.79. The summed E-state index contributed by atoms with van der Waals surface area (Å²) in [5, 5.41) is 8.87. The highest BCUT2D eigenvalue weighted by Gasteiger charge is 2.12. The molecule has 0 saturated heterocycles. The number of rotatable bonds is 1. The van der Waals surface area contributed by atoms with Crippen LogP contribution in [0.15, 0.2) is 30.5 Å². The van der Waals surface area contributed by atoms with Crippen LogP contribution in [-0.2, 0) is 0 Å². The van der Waals surface area contributed by atoms with Gasteiger partial charge >= 0.3 is 0 Å². The van der Waals surface area contributed by atoms with Crippen molar-refractivity contribution in [3.8, 4) is 17.2 Å². The van der Waals surface area contributed by atoms with Gasteiger partial charge < -0.3 is 10.7 Å². The fourth-order valence-electron chi connectivity index (χ4n) is 1.45. The number of nitrogens with zero attached hydrogens (tertiary/aromatic N) is 1. The monoisotopic (exact) mass is 201 g/mol. The van der Waals surface area contributed by atoms with Gasteiger partial charge in [-0.05, 0) is 6.07 Å². The lowest BCUT2D eigenvalue weighted by atomic mass is 10.0. The van der Waals surface area contributed by atoms with E-state index in [1.165, 1.54) is 12.3 Å². The third kappa shape index (κ3) is 1.44. The molecule has 0 atom stereocenters. The molecule has 0 unspecified atom stereocenters. The van der Waals surface area contributed by atoms with Crippen molar-refractivity contribution in [2.24, 2.45) is 0 Å². The second-order valence-corrected chi connectivity index (χ2v) is 3.08. The van der Waals surface area contributed by atoms with Gasteiger partial charge in [0.25, 0.3) is 0 Å². The molecule has 0 radical (unpaired) electrons. The maximum absolute atomic E-state index is 13.4. The van der Waals surface area contributed by atoms with Crippen LogP contribution in [0, 0.1) is 17.1 Å². The van der Waals surface area contributed by atoms with Crippen LogP contribution in [-0.4, -0.2) is 4.98 Å². The normalized spacial score (nSPS) is 9.87. The molecule has 0 bridgehead atoms. The number of hydrogen-bond acceptors (Lipinski definition) is 2. The fraction of sp³-hybridized carbons (Fsp3) is 0. The Morgan fingerprint density at radius 2 is 2.00 bits per heavy atom. The van der Waals surface area contributed by atoms with Crippen molar-refractivity contribution in [1.82, 2.24) is 4.98 Å². The van der Waals surface area contributed by atoms with Crippen LogP contribution in [0.5, 0.6) is 0 Å². The first-order valence-electron chi connectivity index (χ1n) is 4.36. The number of aromatic nitrogens is 1. The van der Waals surface area contributed by atoms with Gasteiger partial charge in [0.1, 0.15) is 23.3 Å². The summed E-state index contributed by atoms with van der Waals surface area (Å²) in [5.41, 5.74) is 6.69. The summed E-state index contributed by atoms with van der Waals surface area (Å²) < 4.78 is 13.4. The average Bonchev–Trinajstić information content (AvgIpc) is 2.60. The van der Waals surface area contributed by atoms with Crippen molar-refractivity contribution in [3.63, 3.8) is 0 Å². The van der Waals surface area contributed by atoms with Crippen molar-refractivity contribution in [1.29, 1.82) is 5.26 Å². The topological polar surface area (TPSA) is 65.6 Å². The van der Waals surface area contributed by atoms with Gasteiger partial charge in [-0.25, -0.2) is 4.39 Å². The largest absolute Gasteiger partial charge is 0.384 e. The molecular formula is C11H8FN3. The summed E-state index contributed by atoms with van der Waals surface area (Å²) in [6, 6.07) is 8.21. The molecule has 0 spiro atoms. The molecule has 0 aliphatic heterocycles. The average molecular weight is 201 g/mol. The molecule has 74 valence electrons. The Balaban J connectivity index is 2.66. The van der Waals surface area contributed by atoms with Gasteiger partial charge in [0, 0.05) is 17.3 Å². The molecule has 2 aromatic rings. The first-order valence-corrected chi connectivity index (χ1v) is 4.36. The summed E-state index contributed by atoms with van der Waals surface area (Å²) >= 11 is 0. The lowest BCUT2D eigenvalue weighted by Gasteiger charge is -2.00. The minimum atomic E-state index is -0.368. The SMILES string of the molecule is N#Cc1c(-c2ccccc2F)c[nH]c1N. The van der Waals surface area contributed by atoms with E-state index in [0.29, 0.717) is 11.1 Å². The molecular weight excluding hydrogens is 193 g/mol. The molecule has 2 rings (SSSR count). The highest BCUT2D eigenvalue weighted by Crippen LogP contribution is 2.28. The summed E-state index contributed by atoms with van der Waals surface area (Å²) in [4.78, 5) is 2.70. The third-order valence-electron chi connectivity index (χ3n) is 2.19. The summed E-state index contributed by atoms with van der Waals surface area (Å²) in [6.07, 6.45) is 1.53. The number of benzene rings is 1. The standard InChI is InChI=1S/C11H8FN3/c12-10-4-2-1-3-7(10)9-6-15-11(14)8(9)5-13/h1-4,6,15H,14H2. The fourth-order valence-corrected chi connectivity index (χ4v) is 1.45. The van der Waals surface area contributed by atoms with Gasteiger partial charge in [-0.3, -0.25) is 0 Å². The Kier molecular flexibility index (Phi) is 2.14. The number of nitrogens with one attached hydrogen (secondary N) is 1. The number of hydrogen-bond donors (Lipinski definition) is 2. The van der Waals surface area contributed by atoms with Crippen LogP contribution >= 0.6 is 0 Å². The second kappa shape index (κ2) is 3.46.